The number of amides is 1. The van der Waals surface area contributed by atoms with Crippen LogP contribution in [0.1, 0.15) is 104 Å². The third-order valence-electron chi connectivity index (χ3n) is 4.93. The number of ether oxygens (including phenoxy) is 2. The molecule has 1 amide bonds. The topological polar surface area (TPSA) is 95.7 Å². The van der Waals surface area contributed by atoms with Gasteiger partial charge in [-0.3, -0.25) is 14.4 Å². The number of hydrogen-bond donors (Lipinski definition) is 1. The van der Waals surface area contributed by atoms with E-state index >= 15 is 0 Å². The normalized spacial score (nSPS) is 13.0. The molecular weight excluding hydrogens is 358 g/mol. The summed E-state index contributed by atoms with van der Waals surface area (Å²) in [6.45, 7) is 5.83. The van der Waals surface area contributed by atoms with E-state index in [-0.39, 0.29) is 29.9 Å². The van der Waals surface area contributed by atoms with E-state index in [4.69, 9.17) is 15.2 Å². The summed E-state index contributed by atoms with van der Waals surface area (Å²) in [6, 6.07) is 0. The summed E-state index contributed by atoms with van der Waals surface area (Å²) in [7, 11) is 0. The Labute approximate surface area is 170 Å². The molecule has 0 aromatic heterocycles. The van der Waals surface area contributed by atoms with Crippen LogP contribution in [0.4, 0.5) is 0 Å². The van der Waals surface area contributed by atoms with Crippen LogP contribution in [0.3, 0.4) is 0 Å². The lowest BCUT2D eigenvalue weighted by atomic mass is 9.93. The Morgan fingerprint density at radius 2 is 1.43 bits per heavy atom. The van der Waals surface area contributed by atoms with Crippen molar-refractivity contribution in [2.45, 2.75) is 110 Å². The molecule has 0 spiro atoms. The van der Waals surface area contributed by atoms with Gasteiger partial charge in [-0.15, -0.1) is 0 Å². The molecule has 0 aromatic rings. The predicted octanol–water partition coefficient (Wildman–Crippen LogP) is 4.67. The average Bonchev–Trinajstić information content (AvgIpc) is 2.62. The van der Waals surface area contributed by atoms with Gasteiger partial charge in [0.1, 0.15) is 6.10 Å². The number of hydrogen-bond acceptors (Lipinski definition) is 5. The van der Waals surface area contributed by atoms with Crippen molar-refractivity contribution in [3.63, 3.8) is 0 Å². The Hall–Kier alpha value is -1.59. The van der Waals surface area contributed by atoms with Crippen molar-refractivity contribution >= 4 is 17.8 Å². The van der Waals surface area contributed by atoms with Crippen LogP contribution < -0.4 is 5.73 Å². The van der Waals surface area contributed by atoms with Crippen LogP contribution in [0.25, 0.3) is 0 Å². The van der Waals surface area contributed by atoms with Crippen molar-refractivity contribution in [3.8, 4) is 0 Å². The highest BCUT2D eigenvalue weighted by Gasteiger charge is 2.17. The van der Waals surface area contributed by atoms with Crippen LogP contribution in [-0.2, 0) is 23.9 Å². The van der Waals surface area contributed by atoms with Gasteiger partial charge < -0.3 is 15.2 Å². The summed E-state index contributed by atoms with van der Waals surface area (Å²) in [5, 5.41) is 0. The molecule has 0 bridgehead atoms. The second kappa shape index (κ2) is 17.5. The molecule has 0 aliphatic heterocycles. The summed E-state index contributed by atoms with van der Waals surface area (Å²) in [5.74, 6) is -0.755. The Morgan fingerprint density at radius 1 is 0.821 bits per heavy atom. The van der Waals surface area contributed by atoms with E-state index in [1.807, 2.05) is 6.92 Å². The number of primary amides is 1. The van der Waals surface area contributed by atoms with Gasteiger partial charge in [-0.25, -0.2) is 0 Å². The highest BCUT2D eigenvalue weighted by atomic mass is 16.5. The van der Waals surface area contributed by atoms with Gasteiger partial charge in [-0.1, -0.05) is 39.0 Å². The monoisotopic (exact) mass is 399 g/mol. The number of esters is 2. The van der Waals surface area contributed by atoms with Gasteiger partial charge in [0.2, 0.25) is 5.91 Å². The molecular formula is C22H41NO5. The van der Waals surface area contributed by atoms with Crippen molar-refractivity contribution in [1.82, 2.24) is 0 Å². The Morgan fingerprint density at radius 3 is 2.04 bits per heavy atom. The summed E-state index contributed by atoms with van der Waals surface area (Å²) < 4.78 is 10.3. The van der Waals surface area contributed by atoms with Gasteiger partial charge in [0.05, 0.1) is 6.61 Å². The molecule has 0 saturated carbocycles. The molecule has 0 saturated heterocycles. The first-order chi connectivity index (χ1) is 13.4. The zero-order chi connectivity index (χ0) is 21.2. The predicted molar refractivity (Wildman–Crippen MR) is 111 cm³/mol. The molecule has 2 unspecified atom stereocenters. The second-order valence-electron chi connectivity index (χ2n) is 7.52. The molecule has 6 heteroatoms. The fourth-order valence-corrected chi connectivity index (χ4v) is 3.39. The van der Waals surface area contributed by atoms with Crippen LogP contribution in [0.15, 0.2) is 0 Å². The van der Waals surface area contributed by atoms with Gasteiger partial charge in [-0.05, 0) is 51.9 Å². The maximum absolute atomic E-state index is 11.7. The molecule has 0 aromatic carbocycles. The summed E-state index contributed by atoms with van der Waals surface area (Å²) in [6.07, 6.45) is 11.4. The van der Waals surface area contributed by atoms with Crippen molar-refractivity contribution in [2.24, 2.45) is 11.7 Å². The number of carbonyl (C=O) groups excluding carboxylic acids is 3. The maximum Gasteiger partial charge on any atom is 0.305 e. The van der Waals surface area contributed by atoms with Crippen molar-refractivity contribution in [2.75, 3.05) is 6.61 Å². The Kier molecular flexibility index (Phi) is 16.5. The van der Waals surface area contributed by atoms with Gasteiger partial charge in [0.15, 0.2) is 0 Å². The lowest BCUT2D eigenvalue weighted by Crippen LogP contribution is -2.24. The molecule has 0 rings (SSSR count). The minimum atomic E-state index is -0.249. The van der Waals surface area contributed by atoms with Crippen molar-refractivity contribution < 1.29 is 23.9 Å². The van der Waals surface area contributed by atoms with Crippen molar-refractivity contribution in [1.29, 1.82) is 0 Å². The van der Waals surface area contributed by atoms with E-state index in [0.29, 0.717) is 13.0 Å². The van der Waals surface area contributed by atoms with E-state index in [1.54, 1.807) is 0 Å². The third-order valence-corrected chi connectivity index (χ3v) is 4.93. The van der Waals surface area contributed by atoms with Gasteiger partial charge in [-0.2, -0.15) is 0 Å². The minimum absolute atomic E-state index is 0.0551. The average molecular weight is 400 g/mol. The van der Waals surface area contributed by atoms with E-state index in [0.717, 1.165) is 77.0 Å². The zero-order valence-corrected chi connectivity index (χ0v) is 18.2. The standard InChI is InChI=1S/C22H41NO5/c1-4-6-9-15-20(28-18(3)24)16-12-14-19(22(23)26)13-10-7-8-11-17-21(25)27-5-2/h19-20H,4-17H2,1-3H3,(H2,23,26). The minimum Gasteiger partial charge on any atom is -0.466 e. The quantitative estimate of drug-likeness (QED) is 0.267. The summed E-state index contributed by atoms with van der Waals surface area (Å²) in [5.41, 5.74) is 5.56. The molecule has 0 heterocycles. The van der Waals surface area contributed by atoms with E-state index in [9.17, 15) is 14.4 Å². The molecule has 2 N–H and O–H groups in total. The first-order valence-electron chi connectivity index (χ1n) is 11.0. The van der Waals surface area contributed by atoms with Crippen LogP contribution >= 0.6 is 0 Å². The largest absolute Gasteiger partial charge is 0.466 e. The summed E-state index contributed by atoms with van der Waals surface area (Å²) in [4.78, 5) is 34.3. The van der Waals surface area contributed by atoms with Gasteiger partial charge in [0, 0.05) is 19.3 Å². The van der Waals surface area contributed by atoms with Crippen molar-refractivity contribution in [3.05, 3.63) is 0 Å². The van der Waals surface area contributed by atoms with Crippen LogP contribution in [0, 0.1) is 5.92 Å². The van der Waals surface area contributed by atoms with Crippen LogP contribution in [0.5, 0.6) is 0 Å². The van der Waals surface area contributed by atoms with Gasteiger partial charge >= 0.3 is 11.9 Å². The van der Waals surface area contributed by atoms with Crippen LogP contribution in [0.2, 0.25) is 0 Å². The van der Waals surface area contributed by atoms with Gasteiger partial charge in [0.25, 0.3) is 0 Å². The third kappa shape index (κ3) is 15.5. The first-order valence-corrected chi connectivity index (χ1v) is 11.0. The van der Waals surface area contributed by atoms with E-state index in [1.165, 1.54) is 6.92 Å². The Balaban J connectivity index is 4.06. The SMILES string of the molecule is CCCCCC(CCCC(CCCCCCC(=O)OCC)C(N)=O)OC(C)=O. The molecule has 0 aliphatic carbocycles. The second-order valence-corrected chi connectivity index (χ2v) is 7.52. The summed E-state index contributed by atoms with van der Waals surface area (Å²) >= 11 is 0. The molecule has 28 heavy (non-hydrogen) atoms. The fraction of sp³-hybridized carbons (Fsp3) is 0.864. The molecule has 0 aliphatic rings. The fourth-order valence-electron chi connectivity index (χ4n) is 3.39. The molecule has 164 valence electrons. The Bertz CT molecular complexity index is 439. The highest BCUT2D eigenvalue weighted by molar-refractivity contribution is 5.76. The van der Waals surface area contributed by atoms with E-state index in [2.05, 4.69) is 6.92 Å². The van der Waals surface area contributed by atoms with E-state index < -0.39 is 0 Å². The molecule has 0 radical (unpaired) electrons. The number of nitrogens with two attached hydrogens (primary N) is 1. The number of rotatable bonds is 18. The lowest BCUT2D eigenvalue weighted by molar-refractivity contribution is -0.147. The number of unbranched alkanes of at least 4 members (excludes halogenated alkanes) is 5. The first kappa shape index (κ1) is 26.4. The number of carbonyl (C=O) groups is 3. The molecule has 2 atom stereocenters. The lowest BCUT2D eigenvalue weighted by Gasteiger charge is -2.18. The zero-order valence-electron chi connectivity index (χ0n) is 18.2. The molecule has 6 nitrogen and oxygen atoms in total. The maximum atomic E-state index is 11.7. The molecule has 0 fully saturated rings. The highest BCUT2D eigenvalue weighted by Crippen LogP contribution is 2.20. The van der Waals surface area contributed by atoms with Crippen LogP contribution in [-0.4, -0.2) is 30.6 Å². The smallest absolute Gasteiger partial charge is 0.305 e.